The Morgan fingerprint density at radius 1 is 1.16 bits per heavy atom. The summed E-state index contributed by atoms with van der Waals surface area (Å²) in [5.41, 5.74) is 1.00. The lowest BCUT2D eigenvalue weighted by molar-refractivity contribution is -0.191. The first-order chi connectivity index (χ1) is 9.36. The molecule has 2 heteroatoms. The maximum atomic E-state index is 5.85. The standard InChI is InChI=1S/C17H16O2/c1-2-7-15(8-3-1)9-6-10-16-11-13-17(19-16)12-4-5-14-18-17/h1-3,7-8,10-11,13H,4-5,12,14H2/b16-10+. The molecule has 3 rings (SSSR count). The van der Waals surface area contributed by atoms with Crippen LogP contribution in [0.25, 0.3) is 0 Å². The summed E-state index contributed by atoms with van der Waals surface area (Å²) >= 11 is 0. The topological polar surface area (TPSA) is 18.5 Å². The van der Waals surface area contributed by atoms with Crippen molar-refractivity contribution in [2.75, 3.05) is 6.61 Å². The van der Waals surface area contributed by atoms with Crippen LogP contribution < -0.4 is 0 Å². The van der Waals surface area contributed by atoms with Crippen molar-refractivity contribution in [2.24, 2.45) is 0 Å². The summed E-state index contributed by atoms with van der Waals surface area (Å²) in [6, 6.07) is 9.92. The van der Waals surface area contributed by atoms with Crippen LogP contribution in [-0.4, -0.2) is 12.4 Å². The zero-order chi connectivity index (χ0) is 13.0. The number of rotatable bonds is 0. The second kappa shape index (κ2) is 5.34. The maximum Gasteiger partial charge on any atom is 0.230 e. The summed E-state index contributed by atoms with van der Waals surface area (Å²) in [6.07, 6.45) is 8.94. The van der Waals surface area contributed by atoms with Gasteiger partial charge in [-0.2, -0.15) is 0 Å². The number of allylic oxidation sites excluding steroid dienone is 2. The van der Waals surface area contributed by atoms with Crippen molar-refractivity contribution in [3.63, 3.8) is 0 Å². The summed E-state index contributed by atoms with van der Waals surface area (Å²) in [6.45, 7) is 0.771. The van der Waals surface area contributed by atoms with Crippen LogP contribution >= 0.6 is 0 Å². The lowest BCUT2D eigenvalue weighted by atomic mass is 10.1. The molecule has 96 valence electrons. The molecule has 0 N–H and O–H groups in total. The maximum absolute atomic E-state index is 5.85. The molecule has 2 nitrogen and oxygen atoms in total. The molecular formula is C17H16O2. The third kappa shape index (κ3) is 2.89. The zero-order valence-electron chi connectivity index (χ0n) is 10.8. The Balaban J connectivity index is 1.67. The van der Waals surface area contributed by atoms with Gasteiger partial charge in [0.1, 0.15) is 5.76 Å². The quantitative estimate of drug-likeness (QED) is 0.659. The third-order valence-electron chi connectivity index (χ3n) is 3.26. The van der Waals surface area contributed by atoms with Gasteiger partial charge >= 0.3 is 0 Å². The normalized spacial score (nSPS) is 27.1. The fraction of sp³-hybridized carbons (Fsp3) is 0.294. The average Bonchev–Trinajstić information content (AvgIpc) is 2.84. The van der Waals surface area contributed by atoms with E-state index in [1.807, 2.05) is 42.5 Å². The molecule has 19 heavy (non-hydrogen) atoms. The Morgan fingerprint density at radius 3 is 2.84 bits per heavy atom. The molecule has 0 radical (unpaired) electrons. The van der Waals surface area contributed by atoms with E-state index in [1.165, 1.54) is 0 Å². The van der Waals surface area contributed by atoms with Crippen LogP contribution in [0.4, 0.5) is 0 Å². The molecule has 1 atom stereocenters. The van der Waals surface area contributed by atoms with Gasteiger partial charge in [0.25, 0.3) is 0 Å². The van der Waals surface area contributed by atoms with Crippen LogP contribution in [0.1, 0.15) is 24.8 Å². The molecule has 1 fully saturated rings. The van der Waals surface area contributed by atoms with Gasteiger partial charge in [-0.3, -0.25) is 0 Å². The van der Waals surface area contributed by atoms with Crippen molar-refractivity contribution >= 4 is 0 Å². The highest BCUT2D eigenvalue weighted by molar-refractivity contribution is 5.39. The molecule has 1 unspecified atom stereocenters. The minimum atomic E-state index is -0.515. The highest BCUT2D eigenvalue weighted by atomic mass is 16.7. The molecule has 0 aliphatic carbocycles. The highest BCUT2D eigenvalue weighted by Gasteiger charge is 2.36. The highest BCUT2D eigenvalue weighted by Crippen LogP contribution is 2.34. The minimum Gasteiger partial charge on any atom is -0.458 e. The minimum absolute atomic E-state index is 0.515. The molecule has 0 aromatic heterocycles. The molecule has 1 aromatic rings. The second-order valence-corrected chi connectivity index (χ2v) is 4.73. The van der Waals surface area contributed by atoms with Gasteiger partial charge in [-0.15, -0.1) is 0 Å². The van der Waals surface area contributed by atoms with Gasteiger partial charge in [-0.05, 0) is 37.1 Å². The van der Waals surface area contributed by atoms with Crippen LogP contribution in [0.2, 0.25) is 0 Å². The molecular weight excluding hydrogens is 236 g/mol. The van der Waals surface area contributed by atoms with E-state index in [0.717, 1.165) is 37.2 Å². The molecule has 2 aliphatic heterocycles. The summed E-state index contributed by atoms with van der Waals surface area (Å²) in [7, 11) is 0. The summed E-state index contributed by atoms with van der Waals surface area (Å²) in [5, 5.41) is 0. The first-order valence-electron chi connectivity index (χ1n) is 6.65. The van der Waals surface area contributed by atoms with Gasteiger partial charge in [-0.1, -0.05) is 30.0 Å². The van der Waals surface area contributed by atoms with Gasteiger partial charge in [0.15, 0.2) is 0 Å². The zero-order valence-corrected chi connectivity index (χ0v) is 10.8. The fourth-order valence-electron chi connectivity index (χ4n) is 2.27. The van der Waals surface area contributed by atoms with Crippen molar-refractivity contribution in [1.29, 1.82) is 0 Å². The molecule has 2 heterocycles. The van der Waals surface area contributed by atoms with E-state index < -0.39 is 5.79 Å². The molecule has 1 aromatic carbocycles. The van der Waals surface area contributed by atoms with E-state index in [4.69, 9.17) is 9.47 Å². The predicted octanol–water partition coefficient (Wildman–Crippen LogP) is 3.41. The van der Waals surface area contributed by atoms with Gasteiger partial charge < -0.3 is 9.47 Å². The third-order valence-corrected chi connectivity index (χ3v) is 3.26. The van der Waals surface area contributed by atoms with Gasteiger partial charge in [0.05, 0.1) is 6.61 Å². The molecule has 0 amide bonds. The number of hydrogen-bond donors (Lipinski definition) is 0. The van der Waals surface area contributed by atoms with Crippen molar-refractivity contribution in [2.45, 2.75) is 25.0 Å². The summed E-state index contributed by atoms with van der Waals surface area (Å²) in [5.74, 6) is 6.37. The first kappa shape index (κ1) is 12.1. The number of ether oxygens (including phenoxy) is 2. The molecule has 2 aliphatic rings. The fourth-order valence-corrected chi connectivity index (χ4v) is 2.27. The smallest absolute Gasteiger partial charge is 0.230 e. The SMILES string of the molecule is C(#Cc1ccccc1)/C=C1\C=CC2(CCCCO2)O1. The Hall–Kier alpha value is -1.98. The van der Waals surface area contributed by atoms with Crippen molar-refractivity contribution in [3.8, 4) is 11.8 Å². The van der Waals surface area contributed by atoms with Crippen molar-refractivity contribution in [1.82, 2.24) is 0 Å². The van der Waals surface area contributed by atoms with Crippen molar-refractivity contribution < 1.29 is 9.47 Å². The van der Waals surface area contributed by atoms with E-state index in [1.54, 1.807) is 6.08 Å². The Labute approximate surface area is 113 Å². The second-order valence-electron chi connectivity index (χ2n) is 4.73. The van der Waals surface area contributed by atoms with Crippen molar-refractivity contribution in [3.05, 3.63) is 59.9 Å². The van der Waals surface area contributed by atoms with E-state index >= 15 is 0 Å². The van der Waals surface area contributed by atoms with Crippen LogP contribution in [0, 0.1) is 11.8 Å². The monoisotopic (exact) mass is 252 g/mol. The average molecular weight is 252 g/mol. The Morgan fingerprint density at radius 2 is 2.05 bits per heavy atom. The van der Waals surface area contributed by atoms with Crippen LogP contribution in [0.15, 0.2) is 54.3 Å². The molecule has 0 bridgehead atoms. The van der Waals surface area contributed by atoms with Crippen LogP contribution in [0.3, 0.4) is 0 Å². The summed E-state index contributed by atoms with van der Waals surface area (Å²) in [4.78, 5) is 0. The number of hydrogen-bond acceptors (Lipinski definition) is 2. The van der Waals surface area contributed by atoms with Gasteiger partial charge in [0.2, 0.25) is 5.79 Å². The van der Waals surface area contributed by atoms with E-state index in [-0.39, 0.29) is 0 Å². The lowest BCUT2D eigenvalue weighted by Crippen LogP contribution is -2.34. The Bertz CT molecular complexity index is 552. The number of benzene rings is 1. The van der Waals surface area contributed by atoms with E-state index in [0.29, 0.717) is 0 Å². The molecule has 1 spiro atoms. The van der Waals surface area contributed by atoms with Crippen LogP contribution in [0.5, 0.6) is 0 Å². The largest absolute Gasteiger partial charge is 0.458 e. The summed E-state index contributed by atoms with van der Waals surface area (Å²) < 4.78 is 11.6. The van der Waals surface area contributed by atoms with Gasteiger partial charge in [-0.25, -0.2) is 0 Å². The lowest BCUT2D eigenvalue weighted by Gasteiger charge is -2.31. The Kier molecular flexibility index (Phi) is 3.39. The van der Waals surface area contributed by atoms with E-state index in [2.05, 4.69) is 11.8 Å². The first-order valence-corrected chi connectivity index (χ1v) is 6.65. The van der Waals surface area contributed by atoms with Gasteiger partial charge in [0, 0.05) is 18.1 Å². The molecule has 1 saturated heterocycles. The van der Waals surface area contributed by atoms with E-state index in [9.17, 15) is 0 Å². The predicted molar refractivity (Wildman–Crippen MR) is 74.2 cm³/mol. The van der Waals surface area contributed by atoms with Crippen LogP contribution in [-0.2, 0) is 9.47 Å². The molecule has 0 saturated carbocycles.